The normalized spacial score (nSPS) is 11.8. The van der Waals surface area contributed by atoms with Crippen molar-refractivity contribution in [2.75, 3.05) is 5.32 Å². The van der Waals surface area contributed by atoms with E-state index in [1.54, 1.807) is 30.4 Å². The monoisotopic (exact) mass is 363 g/mol. The van der Waals surface area contributed by atoms with E-state index in [-0.39, 0.29) is 11.6 Å². The van der Waals surface area contributed by atoms with Crippen molar-refractivity contribution in [2.45, 2.75) is 20.0 Å². The molecule has 0 saturated heterocycles. The van der Waals surface area contributed by atoms with Gasteiger partial charge in [0.05, 0.1) is 5.71 Å². The summed E-state index contributed by atoms with van der Waals surface area (Å²) in [6, 6.07) is 12.6. The first-order valence-corrected chi connectivity index (χ1v) is 7.57. The number of hydrogen-bond donors (Lipinski definition) is 2. The van der Waals surface area contributed by atoms with E-state index in [2.05, 4.69) is 10.5 Å². The second-order valence-electron chi connectivity index (χ2n) is 5.54. The Morgan fingerprint density at radius 2 is 1.65 bits per heavy atom. The lowest BCUT2D eigenvalue weighted by Gasteiger charge is -2.08. The summed E-state index contributed by atoms with van der Waals surface area (Å²) in [6.07, 6.45) is -4.95. The molecule has 0 unspecified atom stereocenters. The molecule has 136 valence electrons. The van der Waals surface area contributed by atoms with E-state index in [9.17, 15) is 22.8 Å². The zero-order chi connectivity index (χ0) is 19.3. The number of carbonyl (C=O) groups is 2. The SMILES string of the molecule is CC(=NNC(=O)c1cccc(C)c1)c1ccc(NC(=O)C(F)(F)F)cc1. The number of halogens is 3. The van der Waals surface area contributed by atoms with Crippen molar-refractivity contribution in [3.8, 4) is 0 Å². The van der Waals surface area contributed by atoms with Crippen LogP contribution in [0.15, 0.2) is 53.6 Å². The molecule has 0 aliphatic rings. The number of hydrazone groups is 1. The first-order chi connectivity index (χ1) is 12.2. The molecule has 0 aliphatic heterocycles. The molecular formula is C18H16F3N3O2. The minimum Gasteiger partial charge on any atom is -0.318 e. The number of alkyl halides is 3. The number of anilines is 1. The average Bonchev–Trinajstić information content (AvgIpc) is 2.59. The molecule has 2 rings (SSSR count). The molecule has 0 fully saturated rings. The molecule has 0 radical (unpaired) electrons. The van der Waals surface area contributed by atoms with Crippen LogP contribution in [0.4, 0.5) is 18.9 Å². The molecule has 2 aromatic rings. The van der Waals surface area contributed by atoms with Gasteiger partial charge in [0.25, 0.3) is 5.91 Å². The van der Waals surface area contributed by atoms with E-state index >= 15 is 0 Å². The molecule has 0 aromatic heterocycles. The van der Waals surface area contributed by atoms with Gasteiger partial charge in [-0.25, -0.2) is 5.43 Å². The number of rotatable bonds is 4. The third-order valence-corrected chi connectivity index (χ3v) is 3.42. The Labute approximate surface area is 147 Å². The van der Waals surface area contributed by atoms with Gasteiger partial charge in [-0.2, -0.15) is 18.3 Å². The number of aryl methyl sites for hydroxylation is 1. The van der Waals surface area contributed by atoms with Gasteiger partial charge in [0.1, 0.15) is 0 Å². The van der Waals surface area contributed by atoms with Crippen LogP contribution in [0.2, 0.25) is 0 Å². The molecule has 2 amide bonds. The molecular weight excluding hydrogens is 347 g/mol. The zero-order valence-electron chi connectivity index (χ0n) is 14.0. The van der Waals surface area contributed by atoms with Crippen LogP contribution in [0.3, 0.4) is 0 Å². The van der Waals surface area contributed by atoms with Gasteiger partial charge in [-0.15, -0.1) is 0 Å². The summed E-state index contributed by atoms with van der Waals surface area (Å²) in [5.74, 6) is -2.41. The highest BCUT2D eigenvalue weighted by Crippen LogP contribution is 2.18. The summed E-state index contributed by atoms with van der Waals surface area (Å²) >= 11 is 0. The maximum absolute atomic E-state index is 12.2. The molecule has 2 aromatic carbocycles. The molecule has 0 heterocycles. The predicted molar refractivity (Wildman–Crippen MR) is 92.0 cm³/mol. The number of nitrogens with one attached hydrogen (secondary N) is 2. The van der Waals surface area contributed by atoms with Crippen LogP contribution in [0, 0.1) is 6.92 Å². The van der Waals surface area contributed by atoms with Crippen molar-refractivity contribution >= 4 is 23.2 Å². The number of amides is 2. The van der Waals surface area contributed by atoms with Crippen molar-refractivity contribution in [1.29, 1.82) is 0 Å². The first-order valence-electron chi connectivity index (χ1n) is 7.57. The molecule has 0 spiro atoms. The Kier molecular flexibility index (Phi) is 5.76. The highest BCUT2D eigenvalue weighted by Gasteiger charge is 2.38. The van der Waals surface area contributed by atoms with Crippen LogP contribution in [-0.4, -0.2) is 23.7 Å². The summed E-state index contributed by atoms with van der Waals surface area (Å²) in [5, 5.41) is 5.73. The van der Waals surface area contributed by atoms with Crippen LogP contribution in [-0.2, 0) is 4.79 Å². The molecule has 0 saturated carbocycles. The van der Waals surface area contributed by atoms with Crippen LogP contribution in [0.5, 0.6) is 0 Å². The average molecular weight is 363 g/mol. The number of carbonyl (C=O) groups excluding carboxylic acids is 2. The zero-order valence-corrected chi connectivity index (χ0v) is 14.0. The third-order valence-electron chi connectivity index (χ3n) is 3.42. The fourth-order valence-corrected chi connectivity index (χ4v) is 2.05. The van der Waals surface area contributed by atoms with E-state index < -0.39 is 12.1 Å². The van der Waals surface area contributed by atoms with E-state index in [0.29, 0.717) is 16.8 Å². The van der Waals surface area contributed by atoms with Crippen LogP contribution in [0.1, 0.15) is 28.4 Å². The second-order valence-corrected chi connectivity index (χ2v) is 5.54. The quantitative estimate of drug-likeness (QED) is 0.643. The number of hydrogen-bond acceptors (Lipinski definition) is 3. The first kappa shape index (κ1) is 19.2. The van der Waals surface area contributed by atoms with Gasteiger partial charge in [-0.05, 0) is 43.7 Å². The van der Waals surface area contributed by atoms with Crippen molar-refractivity contribution in [3.05, 3.63) is 65.2 Å². The van der Waals surface area contributed by atoms with E-state index in [4.69, 9.17) is 0 Å². The topological polar surface area (TPSA) is 70.6 Å². The Hall–Kier alpha value is -3.16. The Morgan fingerprint density at radius 3 is 2.23 bits per heavy atom. The lowest BCUT2D eigenvalue weighted by molar-refractivity contribution is -0.167. The molecule has 0 atom stereocenters. The lowest BCUT2D eigenvalue weighted by atomic mass is 10.1. The molecule has 26 heavy (non-hydrogen) atoms. The standard InChI is InChI=1S/C18H16F3N3O2/c1-11-4-3-5-14(10-11)16(25)24-23-12(2)13-6-8-15(9-7-13)22-17(26)18(19,20)21/h3-10H,1-2H3,(H,22,26)(H,24,25). The Balaban J connectivity index is 2.03. The van der Waals surface area contributed by atoms with Gasteiger partial charge in [-0.3, -0.25) is 9.59 Å². The van der Waals surface area contributed by atoms with E-state index in [1.165, 1.54) is 24.3 Å². The van der Waals surface area contributed by atoms with E-state index in [1.807, 2.05) is 13.0 Å². The van der Waals surface area contributed by atoms with Crippen molar-refractivity contribution in [3.63, 3.8) is 0 Å². The maximum atomic E-state index is 12.2. The largest absolute Gasteiger partial charge is 0.471 e. The van der Waals surface area contributed by atoms with E-state index in [0.717, 1.165) is 5.56 Å². The Morgan fingerprint density at radius 1 is 1.00 bits per heavy atom. The Bertz CT molecular complexity index is 844. The van der Waals surface area contributed by atoms with Gasteiger partial charge in [0.2, 0.25) is 0 Å². The highest BCUT2D eigenvalue weighted by atomic mass is 19.4. The van der Waals surface area contributed by atoms with Crippen LogP contribution in [0.25, 0.3) is 0 Å². The van der Waals surface area contributed by atoms with Gasteiger partial charge in [-0.1, -0.05) is 29.8 Å². The summed E-state index contributed by atoms with van der Waals surface area (Å²) in [4.78, 5) is 22.9. The van der Waals surface area contributed by atoms with Crippen LogP contribution < -0.4 is 10.7 Å². The van der Waals surface area contributed by atoms with Crippen molar-refractivity contribution < 1.29 is 22.8 Å². The fourth-order valence-electron chi connectivity index (χ4n) is 2.05. The third kappa shape index (κ3) is 5.17. The predicted octanol–water partition coefficient (Wildman–Crippen LogP) is 3.65. The van der Waals surface area contributed by atoms with Gasteiger partial charge in [0, 0.05) is 11.3 Å². The van der Waals surface area contributed by atoms with Crippen molar-refractivity contribution in [2.24, 2.45) is 5.10 Å². The van der Waals surface area contributed by atoms with Crippen LogP contribution >= 0.6 is 0 Å². The smallest absolute Gasteiger partial charge is 0.318 e. The molecule has 8 heteroatoms. The fraction of sp³-hybridized carbons (Fsp3) is 0.167. The van der Waals surface area contributed by atoms with Gasteiger partial charge >= 0.3 is 12.1 Å². The second kappa shape index (κ2) is 7.81. The summed E-state index contributed by atoms with van der Waals surface area (Å²) in [6.45, 7) is 3.50. The van der Waals surface area contributed by atoms with Gasteiger partial charge < -0.3 is 5.32 Å². The summed E-state index contributed by atoms with van der Waals surface area (Å²) in [7, 11) is 0. The highest BCUT2D eigenvalue weighted by molar-refractivity contribution is 6.01. The van der Waals surface area contributed by atoms with Gasteiger partial charge in [0.15, 0.2) is 0 Å². The summed E-state index contributed by atoms with van der Waals surface area (Å²) in [5.41, 5.74) is 4.87. The number of nitrogens with zero attached hydrogens (tertiary/aromatic N) is 1. The summed E-state index contributed by atoms with van der Waals surface area (Å²) < 4.78 is 36.6. The molecule has 2 N–H and O–H groups in total. The minimum absolute atomic E-state index is 0.00710. The van der Waals surface area contributed by atoms with Crippen molar-refractivity contribution in [1.82, 2.24) is 5.43 Å². The molecule has 0 bridgehead atoms. The minimum atomic E-state index is -4.95. The number of benzene rings is 2. The maximum Gasteiger partial charge on any atom is 0.471 e. The lowest BCUT2D eigenvalue weighted by Crippen LogP contribution is -2.29. The molecule has 5 nitrogen and oxygen atoms in total. The molecule has 0 aliphatic carbocycles.